The van der Waals surface area contributed by atoms with E-state index >= 15 is 0 Å². The van der Waals surface area contributed by atoms with Crippen molar-refractivity contribution in [3.63, 3.8) is 0 Å². The summed E-state index contributed by atoms with van der Waals surface area (Å²) in [6.07, 6.45) is 4.24. The molecule has 1 aromatic carbocycles. The monoisotopic (exact) mass is 542 g/mol. The number of rotatable bonds is 4. The third kappa shape index (κ3) is 6.17. The molecule has 2 fully saturated rings. The molecule has 2 unspecified atom stereocenters. The van der Waals surface area contributed by atoms with Gasteiger partial charge in [-0.15, -0.1) is 10.2 Å². The molecule has 40 heavy (non-hydrogen) atoms. The zero-order valence-electron chi connectivity index (χ0n) is 23.0. The van der Waals surface area contributed by atoms with Gasteiger partial charge in [0.2, 0.25) is 5.82 Å². The molecule has 0 spiro atoms. The number of ether oxygens (including phenoxy) is 1. The Morgan fingerprint density at radius 1 is 1.18 bits per heavy atom. The predicted octanol–water partition coefficient (Wildman–Crippen LogP) is 3.35. The fourth-order valence-electron chi connectivity index (χ4n) is 5.24. The van der Waals surface area contributed by atoms with Crippen LogP contribution in [0.1, 0.15) is 45.9 Å². The van der Waals surface area contributed by atoms with Gasteiger partial charge in [0.15, 0.2) is 5.82 Å². The van der Waals surface area contributed by atoms with Crippen LogP contribution in [0.5, 0.6) is 5.75 Å². The third-order valence-corrected chi connectivity index (χ3v) is 6.93. The van der Waals surface area contributed by atoms with E-state index in [0.717, 1.165) is 43.9 Å². The van der Waals surface area contributed by atoms with Crippen molar-refractivity contribution in [3.05, 3.63) is 48.4 Å². The Labute approximate surface area is 233 Å². The summed E-state index contributed by atoms with van der Waals surface area (Å²) in [6, 6.07) is 11.4. The van der Waals surface area contributed by atoms with Crippen LogP contribution in [0.4, 0.5) is 22.1 Å². The van der Waals surface area contributed by atoms with E-state index in [1.807, 2.05) is 45.0 Å². The summed E-state index contributed by atoms with van der Waals surface area (Å²) in [7, 11) is 0. The highest BCUT2D eigenvalue weighted by atomic mass is 16.6. The van der Waals surface area contributed by atoms with Gasteiger partial charge in [-0.2, -0.15) is 0 Å². The number of hydrogen-bond acceptors (Lipinski definition) is 10. The Kier molecular flexibility index (Phi) is 7.60. The molecule has 2 saturated heterocycles. The highest BCUT2D eigenvalue weighted by molar-refractivity contribution is 5.74. The Bertz CT molecular complexity index is 1440. The van der Waals surface area contributed by atoms with Crippen LogP contribution in [0.25, 0.3) is 11.3 Å². The van der Waals surface area contributed by atoms with Crippen LogP contribution in [-0.4, -0.2) is 68.7 Å². The van der Waals surface area contributed by atoms with Crippen LogP contribution in [0, 0.1) is 11.8 Å². The van der Waals surface area contributed by atoms with Crippen molar-refractivity contribution < 1.29 is 14.6 Å². The van der Waals surface area contributed by atoms with Gasteiger partial charge in [0.25, 0.3) is 0 Å². The first kappa shape index (κ1) is 27.0. The number of nitrogens with zero attached hydrogens (tertiary/aromatic N) is 6. The molecule has 0 saturated carbocycles. The van der Waals surface area contributed by atoms with Crippen LogP contribution < -0.4 is 20.9 Å². The second kappa shape index (κ2) is 11.3. The maximum absolute atomic E-state index is 11.8. The summed E-state index contributed by atoms with van der Waals surface area (Å²) >= 11 is 0. The number of benzene rings is 1. The van der Waals surface area contributed by atoms with Crippen molar-refractivity contribution >= 4 is 23.4 Å². The van der Waals surface area contributed by atoms with Crippen LogP contribution in [0.15, 0.2) is 42.6 Å². The topological polar surface area (TPSA) is 143 Å². The lowest BCUT2D eigenvalue weighted by molar-refractivity contribution is 0.0535. The zero-order chi connectivity index (χ0) is 28.3. The van der Waals surface area contributed by atoms with Gasteiger partial charge < -0.3 is 30.7 Å². The summed E-state index contributed by atoms with van der Waals surface area (Å²) in [6.45, 7) is 7.12. The Balaban J connectivity index is 1.30. The number of fused-ring (bicyclic) bond motifs is 2. The summed E-state index contributed by atoms with van der Waals surface area (Å²) in [5.41, 5.74) is 7.74. The molecule has 1 amide bonds. The van der Waals surface area contributed by atoms with E-state index in [1.54, 1.807) is 18.3 Å². The SMILES string of the molecule is CC(C)(C)OC(=O)NCC#Cc1nccc(N2C3CCC2CN(c2cc(-c4ccccc4O)nnc2N)CC3)n1. The first-order valence-corrected chi connectivity index (χ1v) is 13.4. The fraction of sp³-hybridized carbons (Fsp3) is 0.414. The smallest absolute Gasteiger partial charge is 0.408 e. The first-order chi connectivity index (χ1) is 19.2. The van der Waals surface area contributed by atoms with Gasteiger partial charge in [0, 0.05) is 36.9 Å². The molecule has 4 heterocycles. The third-order valence-electron chi connectivity index (χ3n) is 6.93. The molecular formula is C29H34N8O3. The standard InChI is InChI=1S/C29H34N8O3/c1-29(2,3)40-28(39)32-14-6-9-25-31-15-12-26(33-25)37-19-10-11-20(37)18-36(16-13-19)23-17-22(34-35-27(23)30)21-7-4-5-8-24(21)38/h4-5,7-8,12,15,17,19-20,38H,10-11,13-14,16,18H2,1-3H3,(H2,30,35)(H,32,39). The van der Waals surface area contributed by atoms with E-state index in [-0.39, 0.29) is 18.3 Å². The molecule has 0 aliphatic carbocycles. The number of alkyl carbamates (subject to hydrolysis) is 1. The number of phenolic OH excluding ortho intramolecular Hbond substituents is 1. The van der Waals surface area contributed by atoms with E-state index in [4.69, 9.17) is 15.5 Å². The van der Waals surface area contributed by atoms with Gasteiger partial charge in [-0.3, -0.25) is 0 Å². The number of para-hydroxylation sites is 1. The maximum Gasteiger partial charge on any atom is 0.408 e. The molecule has 2 bridgehead atoms. The van der Waals surface area contributed by atoms with Crippen molar-refractivity contribution in [2.24, 2.45) is 0 Å². The fourth-order valence-corrected chi connectivity index (χ4v) is 5.24. The van der Waals surface area contributed by atoms with Gasteiger partial charge in [0.1, 0.15) is 17.2 Å². The molecule has 3 aromatic rings. The number of carbonyl (C=O) groups excluding carboxylic acids is 1. The Morgan fingerprint density at radius 3 is 2.77 bits per heavy atom. The molecule has 5 rings (SSSR count). The molecule has 11 heteroatoms. The minimum Gasteiger partial charge on any atom is -0.507 e. The zero-order valence-corrected chi connectivity index (χ0v) is 23.0. The average molecular weight is 543 g/mol. The normalized spacial score (nSPS) is 18.5. The minimum absolute atomic E-state index is 0.135. The van der Waals surface area contributed by atoms with Crippen LogP contribution in [0.2, 0.25) is 0 Å². The number of hydrogen-bond donors (Lipinski definition) is 3. The summed E-state index contributed by atoms with van der Waals surface area (Å²) < 4.78 is 5.23. The number of aromatic nitrogens is 4. The van der Waals surface area contributed by atoms with Gasteiger partial charge in [-0.25, -0.2) is 14.8 Å². The number of nitrogens with one attached hydrogen (secondary N) is 1. The molecular weight excluding hydrogens is 508 g/mol. The lowest BCUT2D eigenvalue weighted by Gasteiger charge is -2.30. The number of nitrogens with two attached hydrogens (primary N) is 1. The number of nitrogen functional groups attached to an aromatic ring is 1. The van der Waals surface area contributed by atoms with E-state index < -0.39 is 11.7 Å². The lowest BCUT2D eigenvalue weighted by atomic mass is 10.1. The Morgan fingerprint density at radius 2 is 1.98 bits per heavy atom. The van der Waals surface area contributed by atoms with Crippen molar-refractivity contribution in [1.29, 1.82) is 0 Å². The summed E-state index contributed by atoms with van der Waals surface area (Å²) in [5, 5.41) is 21.4. The molecule has 2 aliphatic heterocycles. The second-order valence-electron chi connectivity index (χ2n) is 10.9. The summed E-state index contributed by atoms with van der Waals surface area (Å²) in [4.78, 5) is 25.5. The molecule has 2 aliphatic rings. The van der Waals surface area contributed by atoms with Gasteiger partial charge >= 0.3 is 6.09 Å². The number of anilines is 3. The number of amides is 1. The first-order valence-electron chi connectivity index (χ1n) is 13.4. The quantitative estimate of drug-likeness (QED) is 0.420. The van der Waals surface area contributed by atoms with E-state index in [2.05, 4.69) is 42.1 Å². The predicted molar refractivity (Wildman–Crippen MR) is 153 cm³/mol. The van der Waals surface area contributed by atoms with Crippen LogP contribution in [0.3, 0.4) is 0 Å². The van der Waals surface area contributed by atoms with E-state index in [9.17, 15) is 9.90 Å². The number of carbonyl (C=O) groups is 1. The average Bonchev–Trinajstić information content (AvgIpc) is 3.20. The molecule has 2 aromatic heterocycles. The minimum atomic E-state index is -0.566. The largest absolute Gasteiger partial charge is 0.507 e. The van der Waals surface area contributed by atoms with Crippen molar-refractivity contribution in [3.8, 4) is 28.8 Å². The molecule has 2 atom stereocenters. The van der Waals surface area contributed by atoms with Crippen molar-refractivity contribution in [2.75, 3.05) is 35.2 Å². The lowest BCUT2D eigenvalue weighted by Crippen LogP contribution is -2.40. The summed E-state index contributed by atoms with van der Waals surface area (Å²) in [5.74, 6) is 7.60. The van der Waals surface area contributed by atoms with Crippen molar-refractivity contribution in [1.82, 2.24) is 25.5 Å². The maximum atomic E-state index is 11.8. The Hall–Kier alpha value is -4.59. The molecule has 0 radical (unpaired) electrons. The molecule has 11 nitrogen and oxygen atoms in total. The number of aromatic hydroxyl groups is 1. The van der Waals surface area contributed by atoms with E-state index in [1.165, 1.54) is 0 Å². The number of phenols is 1. The second-order valence-corrected chi connectivity index (χ2v) is 10.9. The molecule has 208 valence electrons. The van der Waals surface area contributed by atoms with Crippen molar-refractivity contribution in [2.45, 2.75) is 57.7 Å². The molecule has 4 N–H and O–H groups in total. The van der Waals surface area contributed by atoms with Gasteiger partial charge in [-0.1, -0.05) is 18.1 Å². The highest BCUT2D eigenvalue weighted by Gasteiger charge is 2.38. The van der Waals surface area contributed by atoms with Gasteiger partial charge in [-0.05, 0) is 70.2 Å². The van der Waals surface area contributed by atoms with Gasteiger partial charge in [0.05, 0.1) is 17.9 Å². The van der Waals surface area contributed by atoms with Crippen LogP contribution in [-0.2, 0) is 4.74 Å². The highest BCUT2D eigenvalue weighted by Crippen LogP contribution is 2.37. The van der Waals surface area contributed by atoms with E-state index in [0.29, 0.717) is 28.9 Å². The van der Waals surface area contributed by atoms with Crippen LogP contribution >= 0.6 is 0 Å².